The summed E-state index contributed by atoms with van der Waals surface area (Å²) in [6.07, 6.45) is 3.14. The third-order valence-corrected chi connectivity index (χ3v) is 5.50. The molecule has 0 heterocycles. The zero-order chi connectivity index (χ0) is 23.8. The summed E-state index contributed by atoms with van der Waals surface area (Å²) in [5.41, 5.74) is 2.92. The van der Waals surface area contributed by atoms with Gasteiger partial charge in [-0.25, -0.2) is 9.18 Å². The van der Waals surface area contributed by atoms with Crippen molar-refractivity contribution in [2.45, 2.75) is 39.2 Å². The maximum Gasteiger partial charge on any atom is 0.347 e. The fraction of sp³-hybridized carbons (Fsp3) is 0.250. The molecule has 33 heavy (non-hydrogen) atoms. The second kappa shape index (κ2) is 10.8. The number of carboxylic acid groups (broad SMARTS) is 1. The van der Waals surface area contributed by atoms with Crippen LogP contribution in [-0.4, -0.2) is 23.3 Å². The summed E-state index contributed by atoms with van der Waals surface area (Å²) in [6, 6.07) is 21.5. The Balaban J connectivity index is 1.57. The first-order valence-corrected chi connectivity index (χ1v) is 11.0. The van der Waals surface area contributed by atoms with Crippen molar-refractivity contribution in [2.24, 2.45) is 0 Å². The van der Waals surface area contributed by atoms with Gasteiger partial charge in [0.25, 0.3) is 0 Å². The Bertz CT molecular complexity index is 1090. The van der Waals surface area contributed by atoms with Crippen LogP contribution in [0.25, 0.3) is 16.7 Å². The van der Waals surface area contributed by atoms with Gasteiger partial charge in [0.05, 0.1) is 0 Å². The minimum absolute atomic E-state index is 0.244. The summed E-state index contributed by atoms with van der Waals surface area (Å²) in [5, 5.41) is 9.45. The van der Waals surface area contributed by atoms with Crippen molar-refractivity contribution in [2.75, 3.05) is 6.61 Å². The number of allylic oxidation sites excluding steroid dienone is 1. The summed E-state index contributed by atoms with van der Waals surface area (Å²) in [4.78, 5) is 11.5. The number of carboxylic acids is 1. The Hall–Kier alpha value is -3.60. The Morgan fingerprint density at radius 2 is 1.48 bits per heavy atom. The van der Waals surface area contributed by atoms with Crippen molar-refractivity contribution in [3.63, 3.8) is 0 Å². The van der Waals surface area contributed by atoms with E-state index >= 15 is 0 Å². The molecule has 4 nitrogen and oxygen atoms in total. The van der Waals surface area contributed by atoms with E-state index in [0.29, 0.717) is 30.9 Å². The van der Waals surface area contributed by atoms with Gasteiger partial charge in [0, 0.05) is 0 Å². The lowest BCUT2D eigenvalue weighted by Gasteiger charge is -2.26. The predicted octanol–water partition coefficient (Wildman–Crippen LogP) is 7.00. The average Bonchev–Trinajstić information content (AvgIpc) is 2.81. The first kappa shape index (κ1) is 24.1. The molecule has 3 aromatic rings. The maximum absolute atomic E-state index is 13.1. The number of aliphatic carboxylic acids is 1. The topological polar surface area (TPSA) is 55.8 Å². The fourth-order valence-electron chi connectivity index (χ4n) is 3.49. The summed E-state index contributed by atoms with van der Waals surface area (Å²) in [6.45, 7) is 5.93. The van der Waals surface area contributed by atoms with Gasteiger partial charge in [0.2, 0.25) is 5.60 Å². The minimum Gasteiger partial charge on any atom is -0.490 e. The van der Waals surface area contributed by atoms with Crippen molar-refractivity contribution in [3.8, 4) is 22.6 Å². The van der Waals surface area contributed by atoms with Crippen molar-refractivity contribution in [1.29, 1.82) is 0 Å². The van der Waals surface area contributed by atoms with Crippen LogP contribution < -0.4 is 9.47 Å². The zero-order valence-corrected chi connectivity index (χ0v) is 19.2. The second-order valence-electron chi connectivity index (χ2n) is 8.14. The molecule has 3 aromatic carbocycles. The zero-order valence-electron chi connectivity index (χ0n) is 19.2. The van der Waals surface area contributed by atoms with Gasteiger partial charge < -0.3 is 14.6 Å². The number of carbonyl (C=O) groups is 1. The van der Waals surface area contributed by atoms with Crippen LogP contribution in [0.5, 0.6) is 11.5 Å². The van der Waals surface area contributed by atoms with E-state index in [2.05, 4.69) is 0 Å². The molecule has 0 aliphatic carbocycles. The standard InChI is InChI=1S/C28H29FO4/c1-4-18-28(3,27(30)31)33-26-15-13-25(14-16-26)32-19-17-20(2)21-5-7-22(8-6-21)23-9-11-24(29)12-10-23/h5-17H,4,18-19H2,1-3H3,(H,30,31). The molecular weight excluding hydrogens is 419 g/mol. The number of hydrogen-bond donors (Lipinski definition) is 1. The van der Waals surface area contributed by atoms with E-state index in [1.54, 1.807) is 43.3 Å². The lowest BCUT2D eigenvalue weighted by Crippen LogP contribution is -2.41. The molecule has 0 bridgehead atoms. The van der Waals surface area contributed by atoms with Crippen LogP contribution in [0, 0.1) is 5.82 Å². The van der Waals surface area contributed by atoms with Crippen LogP contribution >= 0.6 is 0 Å². The van der Waals surface area contributed by atoms with Gasteiger partial charge in [-0.05, 0) is 85.0 Å². The summed E-state index contributed by atoms with van der Waals surface area (Å²) in [7, 11) is 0. The van der Waals surface area contributed by atoms with Crippen LogP contribution in [0.15, 0.2) is 78.9 Å². The molecule has 0 fully saturated rings. The Labute approximate surface area is 194 Å². The molecule has 0 spiro atoms. The third-order valence-electron chi connectivity index (χ3n) is 5.50. The van der Waals surface area contributed by atoms with E-state index in [9.17, 15) is 14.3 Å². The first-order chi connectivity index (χ1) is 15.8. The van der Waals surface area contributed by atoms with Gasteiger partial charge in [0.1, 0.15) is 23.9 Å². The average molecular weight is 449 g/mol. The van der Waals surface area contributed by atoms with Crippen molar-refractivity contribution in [1.82, 2.24) is 0 Å². The lowest BCUT2D eigenvalue weighted by atomic mass is 10.0. The smallest absolute Gasteiger partial charge is 0.347 e. The highest BCUT2D eigenvalue weighted by Gasteiger charge is 2.34. The van der Waals surface area contributed by atoms with Crippen LogP contribution in [0.4, 0.5) is 4.39 Å². The molecule has 0 aromatic heterocycles. The highest BCUT2D eigenvalue weighted by Crippen LogP contribution is 2.26. The van der Waals surface area contributed by atoms with Gasteiger partial charge in [-0.2, -0.15) is 0 Å². The van der Waals surface area contributed by atoms with E-state index in [-0.39, 0.29) is 5.82 Å². The Kier molecular flexibility index (Phi) is 7.88. The van der Waals surface area contributed by atoms with Gasteiger partial charge in [-0.1, -0.05) is 49.7 Å². The van der Waals surface area contributed by atoms with E-state index < -0.39 is 11.6 Å². The minimum atomic E-state index is -1.25. The maximum atomic E-state index is 13.1. The van der Waals surface area contributed by atoms with Gasteiger partial charge in [-0.3, -0.25) is 0 Å². The van der Waals surface area contributed by atoms with Crippen LogP contribution in [-0.2, 0) is 4.79 Å². The molecule has 1 N–H and O–H groups in total. The normalized spacial score (nSPS) is 13.3. The monoisotopic (exact) mass is 448 g/mol. The molecule has 0 amide bonds. The SMILES string of the molecule is CCCC(C)(Oc1ccc(OCC=C(C)c2ccc(-c3ccc(F)cc3)cc2)cc1)C(=O)O. The third kappa shape index (κ3) is 6.45. The molecule has 0 aliphatic heterocycles. The molecule has 0 radical (unpaired) electrons. The van der Waals surface area contributed by atoms with Gasteiger partial charge in [-0.15, -0.1) is 0 Å². The fourth-order valence-corrected chi connectivity index (χ4v) is 3.49. The Morgan fingerprint density at radius 3 is 2.03 bits per heavy atom. The number of halogens is 1. The first-order valence-electron chi connectivity index (χ1n) is 11.0. The molecule has 1 atom stereocenters. The lowest BCUT2D eigenvalue weighted by molar-refractivity contribution is -0.154. The van der Waals surface area contributed by atoms with Gasteiger partial charge in [0.15, 0.2) is 0 Å². The predicted molar refractivity (Wildman–Crippen MR) is 129 cm³/mol. The largest absolute Gasteiger partial charge is 0.490 e. The number of hydrogen-bond acceptors (Lipinski definition) is 3. The van der Waals surface area contributed by atoms with E-state index in [4.69, 9.17) is 9.47 Å². The highest BCUT2D eigenvalue weighted by atomic mass is 19.1. The van der Waals surface area contributed by atoms with Crippen molar-refractivity contribution < 1.29 is 23.8 Å². The molecule has 172 valence electrons. The molecule has 5 heteroatoms. The quantitative estimate of drug-likeness (QED) is 0.363. The van der Waals surface area contributed by atoms with E-state index in [0.717, 1.165) is 22.3 Å². The highest BCUT2D eigenvalue weighted by molar-refractivity contribution is 5.77. The molecule has 0 saturated carbocycles. The summed E-state index contributed by atoms with van der Waals surface area (Å²) >= 11 is 0. The van der Waals surface area contributed by atoms with Crippen LogP contribution in [0.1, 0.15) is 39.2 Å². The van der Waals surface area contributed by atoms with Crippen LogP contribution in [0.3, 0.4) is 0 Å². The Morgan fingerprint density at radius 1 is 0.939 bits per heavy atom. The van der Waals surface area contributed by atoms with Crippen molar-refractivity contribution in [3.05, 3.63) is 90.3 Å². The molecule has 0 saturated heterocycles. The van der Waals surface area contributed by atoms with Crippen LogP contribution in [0.2, 0.25) is 0 Å². The molecule has 3 rings (SSSR count). The second-order valence-corrected chi connectivity index (χ2v) is 8.14. The molecule has 1 unspecified atom stereocenters. The van der Waals surface area contributed by atoms with Crippen molar-refractivity contribution >= 4 is 11.5 Å². The van der Waals surface area contributed by atoms with E-state index in [1.807, 2.05) is 44.2 Å². The van der Waals surface area contributed by atoms with Gasteiger partial charge >= 0.3 is 5.97 Å². The molecular formula is C28H29FO4. The van der Waals surface area contributed by atoms with E-state index in [1.165, 1.54) is 12.1 Å². The number of rotatable bonds is 10. The summed E-state index contributed by atoms with van der Waals surface area (Å²) in [5.74, 6) is -0.0539. The number of benzene rings is 3. The molecule has 0 aliphatic rings. The number of ether oxygens (including phenoxy) is 2. The summed E-state index contributed by atoms with van der Waals surface area (Å²) < 4.78 is 24.6.